The Hall–Kier alpha value is -2.21. The van der Waals surface area contributed by atoms with Gasteiger partial charge in [0.05, 0.1) is 15.5 Å². The van der Waals surface area contributed by atoms with Crippen molar-refractivity contribution in [3.05, 3.63) is 62.6 Å². The highest BCUT2D eigenvalue weighted by Gasteiger charge is 2.11. The predicted molar refractivity (Wildman–Crippen MR) is 81.9 cm³/mol. The molecule has 0 heterocycles. The summed E-state index contributed by atoms with van der Waals surface area (Å²) in [6, 6.07) is 11.0. The first kappa shape index (κ1) is 15.2. The Morgan fingerprint density at radius 3 is 2.48 bits per heavy atom. The van der Waals surface area contributed by atoms with Gasteiger partial charge in [-0.2, -0.15) is 0 Å². The molecule has 21 heavy (non-hydrogen) atoms. The largest absolute Gasteiger partial charge is 0.456 e. The molecule has 0 fully saturated rings. The van der Waals surface area contributed by atoms with Crippen molar-refractivity contribution in [3.8, 4) is 11.5 Å². The van der Waals surface area contributed by atoms with E-state index in [1.165, 1.54) is 12.1 Å². The zero-order valence-corrected chi connectivity index (χ0v) is 12.8. The molecule has 0 N–H and O–H groups in total. The number of carbonyl (C=O) groups excluding carboxylic acids is 1. The van der Waals surface area contributed by atoms with Crippen LogP contribution < -0.4 is 4.74 Å². The van der Waals surface area contributed by atoms with Gasteiger partial charge in [-0.3, -0.25) is 14.9 Å². The molecule has 0 aliphatic rings. The second-order valence-corrected chi connectivity index (χ2v) is 5.13. The van der Waals surface area contributed by atoms with Gasteiger partial charge in [-0.05, 0) is 46.3 Å². The van der Waals surface area contributed by atoms with Crippen molar-refractivity contribution in [1.29, 1.82) is 0 Å². The number of carbonyl (C=O) groups is 1. The summed E-state index contributed by atoms with van der Waals surface area (Å²) in [5.74, 6) is 0.903. The van der Waals surface area contributed by atoms with Gasteiger partial charge in [0.15, 0.2) is 5.78 Å². The van der Waals surface area contributed by atoms with E-state index in [2.05, 4.69) is 15.9 Å². The van der Waals surface area contributed by atoms with Gasteiger partial charge in [0.2, 0.25) is 0 Å². The van der Waals surface area contributed by atoms with Crippen LogP contribution in [0, 0.1) is 10.1 Å². The number of halogens is 1. The van der Waals surface area contributed by atoms with Gasteiger partial charge < -0.3 is 4.74 Å². The molecule has 0 atom stereocenters. The maximum absolute atomic E-state index is 11.5. The lowest BCUT2D eigenvalue weighted by atomic mass is 10.1. The van der Waals surface area contributed by atoms with E-state index in [9.17, 15) is 14.9 Å². The van der Waals surface area contributed by atoms with Crippen LogP contribution in [0.1, 0.15) is 23.7 Å². The number of nitro groups is 1. The average Bonchev–Trinajstić information content (AvgIpc) is 2.49. The smallest absolute Gasteiger partial charge is 0.273 e. The molecule has 2 rings (SSSR count). The second kappa shape index (κ2) is 6.49. The number of hydrogen-bond donors (Lipinski definition) is 0. The summed E-state index contributed by atoms with van der Waals surface area (Å²) in [7, 11) is 0. The van der Waals surface area contributed by atoms with Crippen molar-refractivity contribution in [1.82, 2.24) is 0 Å². The summed E-state index contributed by atoms with van der Waals surface area (Å²) in [5.41, 5.74) is 0.564. The highest BCUT2D eigenvalue weighted by molar-refractivity contribution is 9.10. The lowest BCUT2D eigenvalue weighted by molar-refractivity contribution is -0.384. The van der Waals surface area contributed by atoms with Crippen molar-refractivity contribution in [3.63, 3.8) is 0 Å². The lowest BCUT2D eigenvalue weighted by Crippen LogP contribution is -1.96. The van der Waals surface area contributed by atoms with Gasteiger partial charge in [0.25, 0.3) is 5.69 Å². The Labute approximate surface area is 129 Å². The Morgan fingerprint density at radius 2 is 1.90 bits per heavy atom. The zero-order chi connectivity index (χ0) is 15.4. The quantitative estimate of drug-likeness (QED) is 0.444. The molecule has 0 amide bonds. The van der Waals surface area contributed by atoms with Crippen LogP contribution in [0.25, 0.3) is 0 Å². The molecule has 2 aromatic carbocycles. The molecule has 5 nitrogen and oxygen atoms in total. The van der Waals surface area contributed by atoms with Crippen molar-refractivity contribution in [2.75, 3.05) is 0 Å². The fourth-order valence-electron chi connectivity index (χ4n) is 1.72. The number of nitro benzene ring substituents is 1. The number of Topliss-reactive ketones (excluding diaryl/α,β-unsaturated/α-hetero) is 1. The Balaban J connectivity index is 2.23. The molecule has 0 bridgehead atoms. The maximum Gasteiger partial charge on any atom is 0.273 e. The number of nitrogens with zero attached hydrogens (tertiary/aromatic N) is 1. The summed E-state index contributed by atoms with van der Waals surface area (Å²) in [6.07, 6.45) is 0.441. The zero-order valence-electron chi connectivity index (χ0n) is 11.2. The molecule has 0 unspecified atom stereocenters. The van der Waals surface area contributed by atoms with Crippen LogP contribution in [-0.2, 0) is 0 Å². The van der Waals surface area contributed by atoms with Crippen molar-refractivity contribution >= 4 is 27.4 Å². The van der Waals surface area contributed by atoms with Gasteiger partial charge in [0, 0.05) is 18.1 Å². The third-order valence-electron chi connectivity index (χ3n) is 2.85. The molecule has 0 aromatic heterocycles. The number of non-ortho nitro benzene ring substituents is 1. The summed E-state index contributed by atoms with van der Waals surface area (Å²) in [4.78, 5) is 21.8. The fraction of sp³-hybridized carbons (Fsp3) is 0.133. The van der Waals surface area contributed by atoms with Crippen LogP contribution in [0.3, 0.4) is 0 Å². The summed E-state index contributed by atoms with van der Waals surface area (Å²) in [6.45, 7) is 1.80. The number of benzene rings is 2. The van der Waals surface area contributed by atoms with Crippen LogP contribution in [0.15, 0.2) is 46.9 Å². The molecule has 0 radical (unpaired) electrons. The van der Waals surface area contributed by atoms with Crippen LogP contribution in [-0.4, -0.2) is 10.7 Å². The van der Waals surface area contributed by atoms with Crippen molar-refractivity contribution in [2.24, 2.45) is 0 Å². The monoisotopic (exact) mass is 349 g/mol. The molecule has 6 heteroatoms. The van der Waals surface area contributed by atoms with E-state index in [0.717, 1.165) is 0 Å². The van der Waals surface area contributed by atoms with E-state index in [1.807, 2.05) is 0 Å². The number of ether oxygens (including phenoxy) is 1. The predicted octanol–water partition coefficient (Wildman–Crippen LogP) is 4.74. The molecule has 0 saturated heterocycles. The molecule has 0 spiro atoms. The standard InChI is InChI=1S/C15H12BrNO4/c1-2-14(18)10-3-6-12(7-4-10)21-15-9-11(17(19)20)5-8-13(15)16/h3-9H,2H2,1H3. The third kappa shape index (κ3) is 3.66. The topological polar surface area (TPSA) is 69.4 Å². The van der Waals surface area contributed by atoms with Crippen LogP contribution >= 0.6 is 15.9 Å². The maximum atomic E-state index is 11.5. The van der Waals surface area contributed by atoms with Gasteiger partial charge >= 0.3 is 0 Å². The van der Waals surface area contributed by atoms with E-state index in [1.54, 1.807) is 37.3 Å². The van der Waals surface area contributed by atoms with Gasteiger partial charge in [-0.25, -0.2) is 0 Å². The van der Waals surface area contributed by atoms with E-state index in [0.29, 0.717) is 28.0 Å². The Morgan fingerprint density at radius 1 is 1.24 bits per heavy atom. The second-order valence-electron chi connectivity index (χ2n) is 4.28. The van der Waals surface area contributed by atoms with Crippen LogP contribution in [0.4, 0.5) is 5.69 Å². The normalized spacial score (nSPS) is 10.2. The first-order chi connectivity index (χ1) is 10.0. The minimum absolute atomic E-state index is 0.0500. The number of rotatable bonds is 5. The molecule has 108 valence electrons. The lowest BCUT2D eigenvalue weighted by Gasteiger charge is -2.08. The summed E-state index contributed by atoms with van der Waals surface area (Å²) in [5, 5.41) is 10.8. The number of ketones is 1. The van der Waals surface area contributed by atoms with E-state index in [-0.39, 0.29) is 11.5 Å². The first-order valence-electron chi connectivity index (χ1n) is 6.26. The molecule has 2 aromatic rings. The molecular formula is C15H12BrNO4. The van der Waals surface area contributed by atoms with E-state index in [4.69, 9.17) is 4.74 Å². The summed E-state index contributed by atoms with van der Waals surface area (Å²) >= 11 is 3.28. The van der Waals surface area contributed by atoms with Gasteiger partial charge in [-0.15, -0.1) is 0 Å². The van der Waals surface area contributed by atoms with E-state index < -0.39 is 4.92 Å². The summed E-state index contributed by atoms with van der Waals surface area (Å²) < 4.78 is 6.22. The highest BCUT2D eigenvalue weighted by Crippen LogP contribution is 2.33. The minimum atomic E-state index is -0.484. The van der Waals surface area contributed by atoms with Crippen LogP contribution in [0.5, 0.6) is 11.5 Å². The van der Waals surface area contributed by atoms with Gasteiger partial charge in [0.1, 0.15) is 11.5 Å². The average molecular weight is 350 g/mol. The molecule has 0 saturated carbocycles. The molecule has 0 aliphatic carbocycles. The first-order valence-corrected chi connectivity index (χ1v) is 7.05. The van der Waals surface area contributed by atoms with Gasteiger partial charge in [-0.1, -0.05) is 6.92 Å². The molecule has 0 aliphatic heterocycles. The minimum Gasteiger partial charge on any atom is -0.456 e. The highest BCUT2D eigenvalue weighted by atomic mass is 79.9. The third-order valence-corrected chi connectivity index (χ3v) is 3.51. The SMILES string of the molecule is CCC(=O)c1ccc(Oc2cc([N+](=O)[O-])ccc2Br)cc1. The molecular weight excluding hydrogens is 338 g/mol. The fourth-order valence-corrected chi connectivity index (χ4v) is 2.05. The Kier molecular flexibility index (Phi) is 4.70. The number of hydrogen-bond acceptors (Lipinski definition) is 4. The van der Waals surface area contributed by atoms with E-state index >= 15 is 0 Å². The van der Waals surface area contributed by atoms with Crippen molar-refractivity contribution in [2.45, 2.75) is 13.3 Å². The van der Waals surface area contributed by atoms with Crippen molar-refractivity contribution < 1.29 is 14.5 Å². The Bertz CT molecular complexity index is 683. The van der Waals surface area contributed by atoms with Crippen LogP contribution in [0.2, 0.25) is 0 Å².